The third-order valence-electron chi connectivity index (χ3n) is 2.41. The number of nitrogens with one attached hydrogen (secondary N) is 3. The highest BCUT2D eigenvalue weighted by Gasteiger charge is 2.11. The summed E-state index contributed by atoms with van der Waals surface area (Å²) in [4.78, 5) is 11.7. The highest BCUT2D eigenvalue weighted by atomic mass is 32.2. The molecule has 0 aliphatic heterocycles. The third-order valence-corrected chi connectivity index (χ3v) is 3.08. The summed E-state index contributed by atoms with van der Waals surface area (Å²) in [5.74, 6) is 0.254. The first-order chi connectivity index (χ1) is 9.42. The average molecular weight is 303 g/mol. The summed E-state index contributed by atoms with van der Waals surface area (Å²) in [7, 11) is -3.28. The third kappa shape index (κ3) is 6.69. The zero-order valence-electron chi connectivity index (χ0n) is 11.7. The smallest absolute Gasteiger partial charge is 0.287 e. The molecule has 114 valence electrons. The minimum Gasteiger partial charge on any atom is -0.455 e. The van der Waals surface area contributed by atoms with E-state index in [1.807, 2.05) is 0 Å². The molecule has 0 saturated heterocycles. The Balaban J connectivity index is 2.36. The minimum atomic E-state index is -3.28. The van der Waals surface area contributed by atoms with E-state index in [1.165, 1.54) is 6.07 Å². The van der Waals surface area contributed by atoms with Gasteiger partial charge in [-0.25, -0.2) is 13.1 Å². The van der Waals surface area contributed by atoms with Gasteiger partial charge in [-0.2, -0.15) is 0 Å². The fourth-order valence-electron chi connectivity index (χ4n) is 1.45. The molecule has 0 aliphatic rings. The lowest BCUT2D eigenvalue weighted by Gasteiger charge is -2.04. The summed E-state index contributed by atoms with van der Waals surface area (Å²) in [6.07, 6.45) is 2.11. The van der Waals surface area contributed by atoms with E-state index in [2.05, 4.69) is 22.3 Å². The molecule has 0 unspecified atom stereocenters. The number of furan rings is 1. The Kier molecular flexibility index (Phi) is 6.69. The molecule has 0 aliphatic carbocycles. The van der Waals surface area contributed by atoms with E-state index in [4.69, 9.17) is 4.42 Å². The van der Waals surface area contributed by atoms with Crippen molar-refractivity contribution in [1.82, 2.24) is 15.4 Å². The Labute approximate surface area is 119 Å². The molecule has 0 fully saturated rings. The molecule has 1 heterocycles. The fourth-order valence-corrected chi connectivity index (χ4v) is 1.85. The van der Waals surface area contributed by atoms with E-state index in [9.17, 15) is 13.2 Å². The topological polar surface area (TPSA) is 100 Å². The maximum Gasteiger partial charge on any atom is 0.287 e. The molecular weight excluding hydrogens is 282 g/mol. The average Bonchev–Trinajstić information content (AvgIpc) is 2.84. The number of sulfonamides is 1. The molecular formula is C12H21N3O4S. The zero-order valence-corrected chi connectivity index (χ0v) is 12.5. The van der Waals surface area contributed by atoms with Crippen LogP contribution in [-0.4, -0.2) is 40.2 Å². The molecule has 0 bridgehead atoms. The van der Waals surface area contributed by atoms with Crippen molar-refractivity contribution >= 4 is 15.9 Å². The van der Waals surface area contributed by atoms with Crippen LogP contribution in [0.1, 0.15) is 29.7 Å². The summed E-state index contributed by atoms with van der Waals surface area (Å²) in [6, 6.07) is 3.09. The van der Waals surface area contributed by atoms with Crippen molar-refractivity contribution in [3.05, 3.63) is 23.7 Å². The normalized spacial score (nSPS) is 11.5. The van der Waals surface area contributed by atoms with Crippen LogP contribution in [0.2, 0.25) is 0 Å². The molecule has 1 aromatic heterocycles. The number of amides is 1. The van der Waals surface area contributed by atoms with Crippen LogP contribution in [-0.2, 0) is 16.6 Å². The summed E-state index contributed by atoms with van der Waals surface area (Å²) in [5.41, 5.74) is 0. The van der Waals surface area contributed by atoms with Gasteiger partial charge in [-0.3, -0.25) is 4.79 Å². The molecule has 0 atom stereocenters. The SMILES string of the molecule is CCCNCCNC(=O)c1ccc(CNS(C)(=O)=O)o1. The largest absolute Gasteiger partial charge is 0.455 e. The summed E-state index contributed by atoms with van der Waals surface area (Å²) < 4.78 is 29.4. The lowest BCUT2D eigenvalue weighted by Crippen LogP contribution is -2.31. The van der Waals surface area contributed by atoms with Crippen molar-refractivity contribution in [1.29, 1.82) is 0 Å². The second kappa shape index (κ2) is 8.03. The van der Waals surface area contributed by atoms with E-state index < -0.39 is 10.0 Å². The van der Waals surface area contributed by atoms with E-state index in [0.29, 0.717) is 18.8 Å². The van der Waals surface area contributed by atoms with Gasteiger partial charge in [0.2, 0.25) is 10.0 Å². The van der Waals surface area contributed by atoms with E-state index >= 15 is 0 Å². The fraction of sp³-hybridized carbons (Fsp3) is 0.583. The van der Waals surface area contributed by atoms with Crippen molar-refractivity contribution in [3.8, 4) is 0 Å². The van der Waals surface area contributed by atoms with Crippen LogP contribution < -0.4 is 15.4 Å². The first-order valence-corrected chi connectivity index (χ1v) is 8.34. The Bertz CT molecular complexity index is 525. The zero-order chi connectivity index (χ0) is 15.0. The Morgan fingerprint density at radius 2 is 2.00 bits per heavy atom. The molecule has 1 rings (SSSR count). The first kappa shape index (κ1) is 16.7. The summed E-state index contributed by atoms with van der Waals surface area (Å²) in [5, 5.41) is 5.87. The van der Waals surface area contributed by atoms with Crippen molar-refractivity contribution < 1.29 is 17.6 Å². The second-order valence-corrected chi connectivity index (χ2v) is 6.20. The number of carbonyl (C=O) groups is 1. The molecule has 0 aromatic carbocycles. The molecule has 1 aromatic rings. The van der Waals surface area contributed by atoms with Gasteiger partial charge in [0.1, 0.15) is 5.76 Å². The van der Waals surface area contributed by atoms with Crippen LogP contribution in [0.5, 0.6) is 0 Å². The van der Waals surface area contributed by atoms with Gasteiger partial charge in [0.05, 0.1) is 12.8 Å². The Hall–Kier alpha value is -1.38. The molecule has 20 heavy (non-hydrogen) atoms. The van der Waals surface area contributed by atoms with Crippen LogP contribution >= 0.6 is 0 Å². The Morgan fingerprint density at radius 3 is 2.65 bits per heavy atom. The predicted octanol–water partition coefficient (Wildman–Crippen LogP) is 0.0582. The molecule has 0 radical (unpaired) electrons. The van der Waals surface area contributed by atoms with E-state index in [1.54, 1.807) is 6.07 Å². The van der Waals surface area contributed by atoms with Crippen LogP contribution in [0.4, 0.5) is 0 Å². The van der Waals surface area contributed by atoms with Crippen molar-refractivity contribution in [2.75, 3.05) is 25.9 Å². The van der Waals surface area contributed by atoms with Gasteiger partial charge in [-0.1, -0.05) is 6.92 Å². The summed E-state index contributed by atoms with van der Waals surface area (Å²) >= 11 is 0. The van der Waals surface area contributed by atoms with Gasteiger partial charge in [0.15, 0.2) is 5.76 Å². The van der Waals surface area contributed by atoms with Gasteiger partial charge in [0, 0.05) is 13.1 Å². The predicted molar refractivity (Wildman–Crippen MR) is 75.9 cm³/mol. The standard InChI is InChI=1S/C12H21N3O4S/c1-3-6-13-7-8-14-12(16)11-5-4-10(19-11)9-15-20(2,17)18/h4-5,13,15H,3,6-9H2,1-2H3,(H,14,16). The quantitative estimate of drug-likeness (QED) is 0.560. The van der Waals surface area contributed by atoms with Gasteiger partial charge in [-0.05, 0) is 25.1 Å². The highest BCUT2D eigenvalue weighted by molar-refractivity contribution is 7.88. The molecule has 0 spiro atoms. The van der Waals surface area contributed by atoms with Crippen molar-refractivity contribution in [2.24, 2.45) is 0 Å². The summed E-state index contributed by atoms with van der Waals surface area (Å²) in [6.45, 7) is 4.22. The lowest BCUT2D eigenvalue weighted by molar-refractivity contribution is 0.0924. The lowest BCUT2D eigenvalue weighted by atomic mass is 10.4. The molecule has 0 saturated carbocycles. The number of hydrogen-bond donors (Lipinski definition) is 3. The van der Waals surface area contributed by atoms with Crippen LogP contribution in [0.15, 0.2) is 16.5 Å². The monoisotopic (exact) mass is 303 g/mol. The van der Waals surface area contributed by atoms with Crippen LogP contribution in [0.3, 0.4) is 0 Å². The number of rotatable bonds is 9. The highest BCUT2D eigenvalue weighted by Crippen LogP contribution is 2.07. The maximum atomic E-state index is 11.7. The molecule has 7 nitrogen and oxygen atoms in total. The maximum absolute atomic E-state index is 11.7. The first-order valence-electron chi connectivity index (χ1n) is 6.44. The molecule has 1 amide bonds. The molecule has 3 N–H and O–H groups in total. The van der Waals surface area contributed by atoms with Gasteiger partial charge in [0.25, 0.3) is 5.91 Å². The minimum absolute atomic E-state index is 0.0319. The van der Waals surface area contributed by atoms with Gasteiger partial charge in [-0.15, -0.1) is 0 Å². The molecule has 8 heteroatoms. The van der Waals surface area contributed by atoms with E-state index in [-0.39, 0.29) is 18.2 Å². The van der Waals surface area contributed by atoms with Crippen LogP contribution in [0.25, 0.3) is 0 Å². The van der Waals surface area contributed by atoms with Crippen molar-refractivity contribution in [3.63, 3.8) is 0 Å². The van der Waals surface area contributed by atoms with E-state index in [0.717, 1.165) is 19.2 Å². The van der Waals surface area contributed by atoms with Crippen LogP contribution in [0, 0.1) is 0 Å². The number of carbonyl (C=O) groups excluding carboxylic acids is 1. The van der Waals surface area contributed by atoms with Gasteiger partial charge >= 0.3 is 0 Å². The second-order valence-electron chi connectivity index (χ2n) is 4.37. The number of hydrogen-bond acceptors (Lipinski definition) is 5. The Morgan fingerprint density at radius 1 is 1.25 bits per heavy atom. The van der Waals surface area contributed by atoms with Gasteiger partial charge < -0.3 is 15.1 Å². The van der Waals surface area contributed by atoms with Crippen molar-refractivity contribution in [2.45, 2.75) is 19.9 Å².